The highest BCUT2D eigenvalue weighted by molar-refractivity contribution is 6.01. The van der Waals surface area contributed by atoms with Gasteiger partial charge in [0.05, 0.1) is 5.39 Å². The summed E-state index contributed by atoms with van der Waals surface area (Å²) >= 11 is 0. The molecule has 6 nitrogen and oxygen atoms in total. The summed E-state index contributed by atoms with van der Waals surface area (Å²) in [5.74, 6) is 0.868. The minimum Gasteiger partial charge on any atom is -0.372 e. The van der Waals surface area contributed by atoms with Gasteiger partial charge in [-0.25, -0.2) is 9.97 Å². The Morgan fingerprint density at radius 2 is 2.04 bits per heavy atom. The van der Waals surface area contributed by atoms with Crippen LogP contribution in [-0.2, 0) is 0 Å². The molecule has 4 heterocycles. The molecule has 1 N–H and O–H groups in total. The summed E-state index contributed by atoms with van der Waals surface area (Å²) in [6.07, 6.45) is 8.66. The van der Waals surface area contributed by atoms with Crippen molar-refractivity contribution in [2.75, 3.05) is 32.5 Å². The first-order chi connectivity index (χ1) is 11.3. The number of fused-ring (bicyclic) bond motifs is 1. The van der Waals surface area contributed by atoms with E-state index in [1.54, 1.807) is 6.33 Å². The Kier molecular flexibility index (Phi) is 3.46. The second-order valence-corrected chi connectivity index (χ2v) is 6.06. The van der Waals surface area contributed by atoms with Crippen LogP contribution >= 0.6 is 0 Å². The van der Waals surface area contributed by atoms with Crippen LogP contribution in [0.3, 0.4) is 0 Å². The Morgan fingerprint density at radius 1 is 1.22 bits per heavy atom. The van der Waals surface area contributed by atoms with Crippen molar-refractivity contribution in [3.63, 3.8) is 0 Å². The molecule has 1 aliphatic rings. The van der Waals surface area contributed by atoms with Gasteiger partial charge in [-0.2, -0.15) is 0 Å². The Bertz CT molecular complexity index is 826. The molecule has 0 bridgehead atoms. The van der Waals surface area contributed by atoms with Crippen LogP contribution < -0.4 is 5.32 Å². The fourth-order valence-corrected chi connectivity index (χ4v) is 3.44. The minimum absolute atomic E-state index is 0.456. The van der Waals surface area contributed by atoms with Gasteiger partial charge in [0, 0.05) is 43.8 Å². The van der Waals surface area contributed by atoms with Crippen LogP contribution in [-0.4, -0.2) is 51.6 Å². The first-order valence-electron chi connectivity index (χ1n) is 7.90. The summed E-state index contributed by atoms with van der Waals surface area (Å²) in [7, 11) is 4.07. The zero-order chi connectivity index (χ0) is 15.8. The van der Waals surface area contributed by atoms with Gasteiger partial charge in [-0.3, -0.25) is 4.98 Å². The minimum atomic E-state index is 0.456. The van der Waals surface area contributed by atoms with Crippen molar-refractivity contribution in [3.05, 3.63) is 37.1 Å². The van der Waals surface area contributed by atoms with Crippen LogP contribution in [0, 0.1) is 0 Å². The third kappa shape index (κ3) is 2.35. The molecule has 1 aliphatic heterocycles. The topological polar surface area (TPSA) is 58.9 Å². The van der Waals surface area contributed by atoms with Gasteiger partial charge in [0.1, 0.15) is 17.8 Å². The second kappa shape index (κ2) is 5.62. The summed E-state index contributed by atoms with van der Waals surface area (Å²) in [6, 6.07) is 4.52. The number of pyridine rings is 1. The molecule has 1 atom stereocenters. The first-order valence-corrected chi connectivity index (χ1v) is 7.90. The zero-order valence-corrected chi connectivity index (χ0v) is 13.4. The third-order valence-electron chi connectivity index (χ3n) is 4.60. The third-order valence-corrected chi connectivity index (χ3v) is 4.60. The van der Waals surface area contributed by atoms with Gasteiger partial charge in [-0.1, -0.05) is 0 Å². The summed E-state index contributed by atoms with van der Waals surface area (Å²) in [5, 5.41) is 4.28. The molecule has 4 rings (SSSR count). The largest absolute Gasteiger partial charge is 0.372 e. The molecule has 1 fully saturated rings. The second-order valence-electron chi connectivity index (χ2n) is 6.06. The molecule has 1 unspecified atom stereocenters. The lowest BCUT2D eigenvalue weighted by atomic mass is 10.1. The quantitative estimate of drug-likeness (QED) is 0.805. The van der Waals surface area contributed by atoms with E-state index in [0.717, 1.165) is 47.5 Å². The maximum absolute atomic E-state index is 4.58. The van der Waals surface area contributed by atoms with E-state index in [2.05, 4.69) is 43.0 Å². The average Bonchev–Trinajstić information content (AvgIpc) is 3.19. The van der Waals surface area contributed by atoms with Gasteiger partial charge < -0.3 is 14.8 Å². The highest BCUT2D eigenvalue weighted by Gasteiger charge is 2.25. The molecule has 23 heavy (non-hydrogen) atoms. The lowest BCUT2D eigenvalue weighted by Gasteiger charge is -2.13. The molecule has 3 aromatic rings. The summed E-state index contributed by atoms with van der Waals surface area (Å²) in [4.78, 5) is 15.5. The summed E-state index contributed by atoms with van der Waals surface area (Å²) in [6.45, 7) is 2.18. The van der Waals surface area contributed by atoms with Crippen molar-refractivity contribution >= 4 is 16.9 Å². The number of anilines is 1. The van der Waals surface area contributed by atoms with E-state index >= 15 is 0 Å². The van der Waals surface area contributed by atoms with E-state index in [1.165, 1.54) is 0 Å². The molecule has 0 aliphatic carbocycles. The van der Waals surface area contributed by atoms with Crippen LogP contribution in [0.25, 0.3) is 22.2 Å². The van der Waals surface area contributed by atoms with Gasteiger partial charge in [0.15, 0.2) is 0 Å². The Balaban J connectivity index is 1.95. The number of rotatable bonds is 3. The highest BCUT2D eigenvalue weighted by Crippen LogP contribution is 2.36. The van der Waals surface area contributed by atoms with Crippen LogP contribution in [0.2, 0.25) is 0 Å². The molecule has 118 valence electrons. The maximum Gasteiger partial charge on any atom is 0.146 e. The van der Waals surface area contributed by atoms with E-state index in [1.807, 2.05) is 31.6 Å². The number of hydrogen-bond donors (Lipinski definition) is 1. The molecule has 1 saturated heterocycles. The Labute approximate surface area is 135 Å². The predicted molar refractivity (Wildman–Crippen MR) is 91.5 cm³/mol. The summed E-state index contributed by atoms with van der Waals surface area (Å²) in [5.41, 5.74) is 3.29. The number of nitrogens with zero attached hydrogens (tertiary/aromatic N) is 5. The SMILES string of the molecule is CNc1ncnc2c1c(-c1ccncc1)cn2C1CCN(C)C1. The number of hydrogen-bond acceptors (Lipinski definition) is 5. The monoisotopic (exact) mass is 308 g/mol. The molecule has 0 aromatic carbocycles. The zero-order valence-electron chi connectivity index (χ0n) is 13.4. The average molecular weight is 308 g/mol. The van der Waals surface area contributed by atoms with Gasteiger partial charge in [-0.05, 0) is 37.7 Å². The Morgan fingerprint density at radius 3 is 2.74 bits per heavy atom. The van der Waals surface area contributed by atoms with Crippen molar-refractivity contribution in [3.8, 4) is 11.1 Å². The molecule has 3 aromatic heterocycles. The van der Waals surface area contributed by atoms with Crippen molar-refractivity contribution in [1.29, 1.82) is 0 Å². The van der Waals surface area contributed by atoms with Crippen LogP contribution in [0.15, 0.2) is 37.1 Å². The number of likely N-dealkylation sites (tertiary alicyclic amines) is 1. The predicted octanol–water partition coefficient (Wildman–Crippen LogP) is 2.41. The molecule has 0 saturated carbocycles. The summed E-state index contributed by atoms with van der Waals surface area (Å²) < 4.78 is 2.32. The number of nitrogens with one attached hydrogen (secondary N) is 1. The molecular weight excluding hydrogens is 288 g/mol. The van der Waals surface area contributed by atoms with Crippen LogP contribution in [0.1, 0.15) is 12.5 Å². The van der Waals surface area contributed by atoms with Crippen molar-refractivity contribution in [1.82, 2.24) is 24.4 Å². The molecule has 0 radical (unpaired) electrons. The first kappa shape index (κ1) is 14.1. The van der Waals surface area contributed by atoms with Crippen molar-refractivity contribution < 1.29 is 0 Å². The van der Waals surface area contributed by atoms with Crippen molar-refractivity contribution in [2.45, 2.75) is 12.5 Å². The smallest absolute Gasteiger partial charge is 0.146 e. The van der Waals surface area contributed by atoms with Gasteiger partial charge in [0.2, 0.25) is 0 Å². The highest BCUT2D eigenvalue weighted by atomic mass is 15.2. The molecule has 0 amide bonds. The Hall–Kier alpha value is -2.47. The van der Waals surface area contributed by atoms with E-state index in [-0.39, 0.29) is 0 Å². The van der Waals surface area contributed by atoms with E-state index in [4.69, 9.17) is 0 Å². The molecular formula is C17H20N6. The van der Waals surface area contributed by atoms with Gasteiger partial charge >= 0.3 is 0 Å². The normalized spacial score (nSPS) is 18.6. The fourth-order valence-electron chi connectivity index (χ4n) is 3.44. The lowest BCUT2D eigenvalue weighted by molar-refractivity contribution is 0.395. The maximum atomic E-state index is 4.58. The lowest BCUT2D eigenvalue weighted by Crippen LogP contribution is -2.16. The van der Waals surface area contributed by atoms with Gasteiger partial charge in [0.25, 0.3) is 0 Å². The fraction of sp³-hybridized carbons (Fsp3) is 0.353. The van der Waals surface area contributed by atoms with Crippen LogP contribution in [0.4, 0.5) is 5.82 Å². The standard InChI is InChI=1S/C17H20N6/c1-18-16-15-14(12-3-6-19-7-4-12)10-23(17(15)21-11-20-16)13-5-8-22(2)9-13/h3-4,6-7,10-11,13H,5,8-9H2,1-2H3,(H,18,20,21). The molecule has 6 heteroatoms. The number of likely N-dealkylation sites (N-methyl/N-ethyl adjacent to an activating group) is 1. The number of aromatic nitrogens is 4. The van der Waals surface area contributed by atoms with E-state index in [9.17, 15) is 0 Å². The van der Waals surface area contributed by atoms with E-state index in [0.29, 0.717) is 6.04 Å². The van der Waals surface area contributed by atoms with E-state index < -0.39 is 0 Å². The van der Waals surface area contributed by atoms with Gasteiger partial charge in [-0.15, -0.1) is 0 Å². The van der Waals surface area contributed by atoms with Crippen LogP contribution in [0.5, 0.6) is 0 Å². The molecule has 0 spiro atoms. The van der Waals surface area contributed by atoms with Crippen molar-refractivity contribution in [2.24, 2.45) is 0 Å².